The highest BCUT2D eigenvalue weighted by atomic mass is 32.2. The number of carbonyl (C=O) groups is 1. The van der Waals surface area contributed by atoms with Crippen molar-refractivity contribution in [3.8, 4) is 11.4 Å². The minimum absolute atomic E-state index is 0.00937. The van der Waals surface area contributed by atoms with Crippen molar-refractivity contribution in [2.24, 2.45) is 5.92 Å². The van der Waals surface area contributed by atoms with Gasteiger partial charge in [-0.15, -0.1) is 11.3 Å². The Hall–Kier alpha value is -2.94. The molecule has 0 radical (unpaired) electrons. The van der Waals surface area contributed by atoms with Gasteiger partial charge in [0.05, 0.1) is 36.6 Å². The molecule has 0 fully saturated rings. The monoisotopic (exact) mass is 506 g/mol. The lowest BCUT2D eigenvalue weighted by molar-refractivity contribution is 0.00200. The predicted octanol–water partition coefficient (Wildman–Crippen LogP) is 5.53. The first kappa shape index (κ1) is 23.8. The molecule has 180 valence electrons. The lowest BCUT2D eigenvalue weighted by Gasteiger charge is -2.26. The summed E-state index contributed by atoms with van der Waals surface area (Å²) in [6.45, 7) is 4.77. The van der Waals surface area contributed by atoms with Crippen LogP contribution in [-0.4, -0.2) is 34.3 Å². The van der Waals surface area contributed by atoms with E-state index in [0.717, 1.165) is 10.4 Å². The Labute approximate surface area is 211 Å². The summed E-state index contributed by atoms with van der Waals surface area (Å²) in [5.41, 5.74) is 2.26. The number of rotatable bonds is 7. The number of fused-ring (bicyclic) bond motifs is 3. The van der Waals surface area contributed by atoms with Gasteiger partial charge in [0, 0.05) is 16.9 Å². The SMILES string of the molecule is COc1ccc(-n2c(SCC(=O)c3ccccc3)nc3sc4c(c3c2=O)C[C@H](C(C)C)OC4)cc1. The second kappa shape index (κ2) is 9.97. The molecule has 1 atom stereocenters. The van der Waals surface area contributed by atoms with Crippen molar-refractivity contribution < 1.29 is 14.3 Å². The standard InChI is InChI=1S/C27H26N2O4S2/c1-16(2)22-13-20-23(14-33-22)35-25-24(20)26(31)29(18-9-11-19(32-3)12-10-18)27(28-25)34-15-21(30)17-7-5-4-6-8-17/h4-12,16,22H,13-15H2,1-3H3/t22-/m1/s1. The fraction of sp³-hybridized carbons (Fsp3) is 0.296. The van der Waals surface area contributed by atoms with Crippen LogP contribution in [0.15, 0.2) is 64.5 Å². The number of Topliss-reactive ketones (excluding diaryl/α,β-unsaturated/α-hetero) is 1. The quantitative estimate of drug-likeness (QED) is 0.187. The topological polar surface area (TPSA) is 70.4 Å². The van der Waals surface area contributed by atoms with Crippen LogP contribution in [0.4, 0.5) is 0 Å². The molecule has 6 nitrogen and oxygen atoms in total. The van der Waals surface area contributed by atoms with Gasteiger partial charge in [-0.3, -0.25) is 14.2 Å². The number of hydrogen-bond donors (Lipinski definition) is 0. The lowest BCUT2D eigenvalue weighted by Crippen LogP contribution is -2.28. The Morgan fingerprint density at radius 1 is 1.20 bits per heavy atom. The van der Waals surface area contributed by atoms with E-state index in [1.165, 1.54) is 23.1 Å². The van der Waals surface area contributed by atoms with Crippen molar-refractivity contribution in [1.82, 2.24) is 9.55 Å². The van der Waals surface area contributed by atoms with Crippen molar-refractivity contribution >= 4 is 39.1 Å². The molecule has 8 heteroatoms. The summed E-state index contributed by atoms with van der Waals surface area (Å²) in [5, 5.41) is 1.16. The zero-order valence-corrected chi connectivity index (χ0v) is 21.4. The third kappa shape index (κ3) is 4.66. The Kier molecular flexibility index (Phi) is 6.77. The summed E-state index contributed by atoms with van der Waals surface area (Å²) in [6, 6.07) is 16.5. The van der Waals surface area contributed by atoms with E-state index >= 15 is 0 Å². The molecule has 0 amide bonds. The molecule has 1 aliphatic heterocycles. The van der Waals surface area contributed by atoms with Gasteiger partial charge >= 0.3 is 0 Å². The van der Waals surface area contributed by atoms with Crippen LogP contribution in [0.25, 0.3) is 15.9 Å². The van der Waals surface area contributed by atoms with Crippen LogP contribution in [0, 0.1) is 5.92 Å². The number of aromatic nitrogens is 2. The van der Waals surface area contributed by atoms with Gasteiger partial charge in [0.25, 0.3) is 5.56 Å². The lowest BCUT2D eigenvalue weighted by atomic mass is 9.96. The maximum atomic E-state index is 14.0. The van der Waals surface area contributed by atoms with Crippen LogP contribution in [0.2, 0.25) is 0 Å². The normalized spacial score (nSPS) is 15.4. The molecule has 0 spiro atoms. The van der Waals surface area contributed by atoms with Gasteiger partial charge in [0.1, 0.15) is 10.6 Å². The second-order valence-corrected chi connectivity index (χ2v) is 10.8. The average molecular weight is 507 g/mol. The number of benzene rings is 2. The summed E-state index contributed by atoms with van der Waals surface area (Å²) in [7, 11) is 1.61. The zero-order chi connectivity index (χ0) is 24.5. The van der Waals surface area contributed by atoms with Gasteiger partial charge < -0.3 is 9.47 Å². The number of ether oxygens (including phenoxy) is 2. The van der Waals surface area contributed by atoms with Crippen molar-refractivity contribution in [1.29, 1.82) is 0 Å². The Morgan fingerprint density at radius 2 is 1.94 bits per heavy atom. The van der Waals surface area contributed by atoms with Crippen LogP contribution in [0.5, 0.6) is 5.75 Å². The second-order valence-electron chi connectivity index (χ2n) is 8.79. The molecular formula is C27H26N2O4S2. The molecule has 0 saturated carbocycles. The first-order valence-electron chi connectivity index (χ1n) is 11.5. The summed E-state index contributed by atoms with van der Waals surface area (Å²) < 4.78 is 13.0. The average Bonchev–Trinajstić information content (AvgIpc) is 3.25. The van der Waals surface area contributed by atoms with Gasteiger partial charge in [-0.2, -0.15) is 0 Å². The molecule has 2 aromatic carbocycles. The van der Waals surface area contributed by atoms with Crippen LogP contribution < -0.4 is 10.3 Å². The van der Waals surface area contributed by atoms with E-state index in [0.29, 0.717) is 51.3 Å². The van der Waals surface area contributed by atoms with E-state index < -0.39 is 0 Å². The highest BCUT2D eigenvalue weighted by Gasteiger charge is 2.29. The third-order valence-corrected chi connectivity index (χ3v) is 8.25. The van der Waals surface area contributed by atoms with Gasteiger partial charge in [-0.1, -0.05) is 55.9 Å². The van der Waals surface area contributed by atoms with Crippen molar-refractivity contribution in [2.75, 3.05) is 12.9 Å². The van der Waals surface area contributed by atoms with E-state index in [9.17, 15) is 9.59 Å². The molecule has 4 aromatic rings. The summed E-state index contributed by atoms with van der Waals surface area (Å²) >= 11 is 2.80. The molecule has 0 bridgehead atoms. The van der Waals surface area contributed by atoms with Crippen molar-refractivity contribution in [3.05, 3.63) is 81.0 Å². The molecule has 0 N–H and O–H groups in total. The number of methoxy groups -OCH3 is 1. The first-order chi connectivity index (χ1) is 17.0. The van der Waals surface area contributed by atoms with Crippen molar-refractivity contribution in [3.63, 3.8) is 0 Å². The molecule has 0 unspecified atom stereocenters. The zero-order valence-electron chi connectivity index (χ0n) is 19.8. The predicted molar refractivity (Wildman–Crippen MR) is 140 cm³/mol. The molecule has 5 rings (SSSR count). The number of thioether (sulfide) groups is 1. The molecule has 1 aliphatic rings. The molecule has 3 heterocycles. The largest absolute Gasteiger partial charge is 0.497 e. The minimum Gasteiger partial charge on any atom is -0.497 e. The Bertz CT molecular complexity index is 1430. The number of thiophene rings is 1. The maximum absolute atomic E-state index is 14.0. The number of ketones is 1. The highest BCUT2D eigenvalue weighted by Crippen LogP contribution is 2.36. The molecule has 0 aliphatic carbocycles. The fourth-order valence-electron chi connectivity index (χ4n) is 4.23. The molecular weight excluding hydrogens is 480 g/mol. The van der Waals surface area contributed by atoms with Crippen LogP contribution in [0.1, 0.15) is 34.6 Å². The van der Waals surface area contributed by atoms with E-state index in [2.05, 4.69) is 13.8 Å². The summed E-state index contributed by atoms with van der Waals surface area (Å²) in [5.74, 6) is 1.23. The van der Waals surface area contributed by atoms with Gasteiger partial charge in [-0.05, 0) is 35.7 Å². The van der Waals surface area contributed by atoms with E-state index in [4.69, 9.17) is 14.5 Å². The third-order valence-electron chi connectivity index (χ3n) is 6.21. The Balaban J connectivity index is 1.61. The fourth-order valence-corrected chi connectivity index (χ4v) is 6.30. The Morgan fingerprint density at radius 3 is 2.63 bits per heavy atom. The minimum atomic E-state index is -0.114. The van der Waals surface area contributed by atoms with Crippen molar-refractivity contribution in [2.45, 2.75) is 38.1 Å². The van der Waals surface area contributed by atoms with E-state index in [1.54, 1.807) is 23.8 Å². The van der Waals surface area contributed by atoms with Crippen LogP contribution >= 0.6 is 23.1 Å². The summed E-state index contributed by atoms with van der Waals surface area (Å²) in [4.78, 5) is 33.4. The molecule has 35 heavy (non-hydrogen) atoms. The summed E-state index contributed by atoms with van der Waals surface area (Å²) in [6.07, 6.45) is 0.776. The smallest absolute Gasteiger partial charge is 0.267 e. The number of carbonyl (C=O) groups excluding carboxylic acids is 1. The van der Waals surface area contributed by atoms with E-state index in [-0.39, 0.29) is 23.2 Å². The number of hydrogen-bond acceptors (Lipinski definition) is 7. The molecule has 2 aromatic heterocycles. The van der Waals surface area contributed by atoms with Crippen LogP contribution in [-0.2, 0) is 17.8 Å². The van der Waals surface area contributed by atoms with Gasteiger partial charge in [0.15, 0.2) is 10.9 Å². The molecule has 0 saturated heterocycles. The van der Waals surface area contributed by atoms with Gasteiger partial charge in [0.2, 0.25) is 0 Å². The van der Waals surface area contributed by atoms with Crippen LogP contribution in [0.3, 0.4) is 0 Å². The number of nitrogens with zero attached hydrogens (tertiary/aromatic N) is 2. The first-order valence-corrected chi connectivity index (χ1v) is 13.3. The van der Waals surface area contributed by atoms with Gasteiger partial charge in [-0.25, -0.2) is 4.98 Å². The highest BCUT2D eigenvalue weighted by molar-refractivity contribution is 7.99. The maximum Gasteiger partial charge on any atom is 0.267 e. The van der Waals surface area contributed by atoms with E-state index in [1.807, 2.05) is 42.5 Å².